The Morgan fingerprint density at radius 3 is 2.48 bits per heavy atom. The van der Waals surface area contributed by atoms with Crippen LogP contribution in [0, 0.1) is 11.7 Å². The zero-order chi connectivity index (χ0) is 17.2. The number of nitrogens with two attached hydrogens (primary N) is 1. The highest BCUT2D eigenvalue weighted by molar-refractivity contribution is 7.92. The van der Waals surface area contributed by atoms with E-state index in [9.17, 15) is 17.6 Å². The number of piperidine rings is 1. The maximum Gasteiger partial charge on any atom is 0.241 e. The molecular weight excluding hydrogens is 319 g/mol. The standard InChI is InChI=1S/C16H23FN2O3S/c1-11(18)13-4-3-9-19(10-13)16(20)12(2)23(21,22)15-7-5-14(17)6-8-15/h5-8,11-13H,3-4,9-10,18H2,1-2H3/t11-,12-,13+/m0/s1. The number of nitrogens with zero attached hydrogens (tertiary/aromatic N) is 1. The van der Waals surface area contributed by atoms with Gasteiger partial charge in [0.15, 0.2) is 9.84 Å². The van der Waals surface area contributed by atoms with Crippen LogP contribution in [0.2, 0.25) is 0 Å². The maximum atomic E-state index is 13.0. The van der Waals surface area contributed by atoms with Crippen LogP contribution in [0.25, 0.3) is 0 Å². The van der Waals surface area contributed by atoms with Gasteiger partial charge in [0, 0.05) is 19.1 Å². The first-order valence-electron chi connectivity index (χ1n) is 7.77. The average molecular weight is 342 g/mol. The molecule has 1 saturated heterocycles. The summed E-state index contributed by atoms with van der Waals surface area (Å²) in [6.45, 7) is 4.32. The Labute approximate surface area is 136 Å². The summed E-state index contributed by atoms with van der Waals surface area (Å²) in [5.74, 6) is -0.744. The lowest BCUT2D eigenvalue weighted by Crippen LogP contribution is -2.49. The van der Waals surface area contributed by atoms with E-state index in [-0.39, 0.29) is 16.9 Å². The number of carbonyl (C=O) groups excluding carboxylic acids is 1. The van der Waals surface area contributed by atoms with Gasteiger partial charge in [0.1, 0.15) is 11.1 Å². The first-order chi connectivity index (χ1) is 10.7. The molecule has 1 amide bonds. The first-order valence-corrected chi connectivity index (χ1v) is 9.32. The second-order valence-electron chi connectivity index (χ2n) is 6.19. The van der Waals surface area contributed by atoms with Gasteiger partial charge in [0.2, 0.25) is 5.91 Å². The van der Waals surface area contributed by atoms with Crippen LogP contribution in [-0.2, 0) is 14.6 Å². The van der Waals surface area contributed by atoms with Crippen LogP contribution in [-0.4, -0.2) is 43.6 Å². The van der Waals surface area contributed by atoms with Gasteiger partial charge in [-0.2, -0.15) is 0 Å². The number of likely N-dealkylation sites (tertiary alicyclic amines) is 1. The monoisotopic (exact) mass is 342 g/mol. The summed E-state index contributed by atoms with van der Waals surface area (Å²) < 4.78 is 38.1. The molecule has 0 bridgehead atoms. The Balaban J connectivity index is 2.16. The fourth-order valence-corrected chi connectivity index (χ4v) is 4.20. The molecule has 0 saturated carbocycles. The van der Waals surface area contributed by atoms with Gasteiger partial charge in [-0.1, -0.05) is 0 Å². The quantitative estimate of drug-likeness (QED) is 0.842. The van der Waals surface area contributed by atoms with Crippen LogP contribution in [0.4, 0.5) is 4.39 Å². The number of hydrogen-bond acceptors (Lipinski definition) is 4. The van der Waals surface area contributed by atoms with E-state index in [4.69, 9.17) is 5.73 Å². The summed E-state index contributed by atoms with van der Waals surface area (Å²) in [5.41, 5.74) is 5.90. The highest BCUT2D eigenvalue weighted by Gasteiger charge is 2.35. The van der Waals surface area contributed by atoms with Crippen molar-refractivity contribution in [1.29, 1.82) is 0 Å². The Morgan fingerprint density at radius 1 is 1.30 bits per heavy atom. The predicted octanol–water partition coefficient (Wildman–Crippen LogP) is 1.57. The minimum absolute atomic E-state index is 0.0328. The predicted molar refractivity (Wildman–Crippen MR) is 86.0 cm³/mol. The van der Waals surface area contributed by atoms with Crippen molar-refractivity contribution in [3.63, 3.8) is 0 Å². The molecule has 5 nitrogen and oxygen atoms in total. The topological polar surface area (TPSA) is 80.5 Å². The minimum Gasteiger partial charge on any atom is -0.341 e. The Kier molecular flexibility index (Phi) is 5.41. The lowest BCUT2D eigenvalue weighted by Gasteiger charge is -2.35. The van der Waals surface area contributed by atoms with Crippen molar-refractivity contribution in [3.05, 3.63) is 30.1 Å². The van der Waals surface area contributed by atoms with Crippen molar-refractivity contribution in [2.45, 2.75) is 42.9 Å². The minimum atomic E-state index is -3.83. The molecule has 128 valence electrons. The third kappa shape index (κ3) is 3.90. The van der Waals surface area contributed by atoms with E-state index in [2.05, 4.69) is 0 Å². The molecule has 1 heterocycles. The largest absolute Gasteiger partial charge is 0.341 e. The van der Waals surface area contributed by atoms with Gasteiger partial charge in [0.25, 0.3) is 0 Å². The second-order valence-corrected chi connectivity index (χ2v) is 8.46. The van der Waals surface area contributed by atoms with E-state index in [1.54, 1.807) is 4.90 Å². The van der Waals surface area contributed by atoms with Crippen molar-refractivity contribution >= 4 is 15.7 Å². The molecule has 1 aromatic carbocycles. The molecule has 23 heavy (non-hydrogen) atoms. The van der Waals surface area contributed by atoms with Gasteiger partial charge >= 0.3 is 0 Å². The smallest absolute Gasteiger partial charge is 0.241 e. The fourth-order valence-electron chi connectivity index (χ4n) is 2.86. The molecule has 2 N–H and O–H groups in total. The van der Waals surface area contributed by atoms with Crippen LogP contribution in [0.5, 0.6) is 0 Å². The molecule has 0 aliphatic carbocycles. The Morgan fingerprint density at radius 2 is 1.91 bits per heavy atom. The summed E-state index contributed by atoms with van der Waals surface area (Å²) >= 11 is 0. The zero-order valence-corrected chi connectivity index (χ0v) is 14.2. The summed E-state index contributed by atoms with van der Waals surface area (Å²) in [6.07, 6.45) is 1.77. The van der Waals surface area contributed by atoms with Crippen molar-refractivity contribution < 1.29 is 17.6 Å². The molecular formula is C16H23FN2O3S. The molecule has 1 aliphatic rings. The number of halogens is 1. The maximum absolute atomic E-state index is 13.0. The zero-order valence-electron chi connectivity index (χ0n) is 13.4. The molecule has 2 rings (SSSR count). The molecule has 0 radical (unpaired) electrons. The highest BCUT2D eigenvalue weighted by Crippen LogP contribution is 2.23. The van der Waals surface area contributed by atoms with E-state index in [1.807, 2.05) is 6.92 Å². The van der Waals surface area contributed by atoms with E-state index in [0.717, 1.165) is 25.0 Å². The molecule has 1 fully saturated rings. The molecule has 0 unspecified atom stereocenters. The summed E-state index contributed by atoms with van der Waals surface area (Å²) in [4.78, 5) is 14.1. The van der Waals surface area contributed by atoms with Gasteiger partial charge in [-0.05, 0) is 56.9 Å². The first kappa shape index (κ1) is 17.9. The van der Waals surface area contributed by atoms with Gasteiger partial charge < -0.3 is 10.6 Å². The van der Waals surface area contributed by atoms with Crippen molar-refractivity contribution in [1.82, 2.24) is 4.90 Å². The molecule has 0 aromatic heterocycles. The summed E-state index contributed by atoms with van der Waals surface area (Å²) in [7, 11) is -3.83. The summed E-state index contributed by atoms with van der Waals surface area (Å²) in [5, 5.41) is -1.19. The van der Waals surface area contributed by atoms with Crippen LogP contribution in [0.1, 0.15) is 26.7 Å². The number of sulfone groups is 1. The summed E-state index contributed by atoms with van der Waals surface area (Å²) in [6, 6.07) is 4.51. The number of amides is 1. The van der Waals surface area contributed by atoms with Crippen LogP contribution >= 0.6 is 0 Å². The molecule has 1 aliphatic heterocycles. The Bertz CT molecular complexity index is 658. The number of hydrogen-bond donors (Lipinski definition) is 1. The van der Waals surface area contributed by atoms with E-state index >= 15 is 0 Å². The van der Waals surface area contributed by atoms with Gasteiger partial charge in [0.05, 0.1) is 4.90 Å². The highest BCUT2D eigenvalue weighted by atomic mass is 32.2. The number of benzene rings is 1. The SMILES string of the molecule is C[C@H](N)[C@@H]1CCCN(C(=O)[C@H](C)S(=O)(=O)c2ccc(F)cc2)C1. The number of rotatable bonds is 4. The van der Waals surface area contributed by atoms with E-state index in [0.29, 0.717) is 13.1 Å². The van der Waals surface area contributed by atoms with Gasteiger partial charge in [-0.15, -0.1) is 0 Å². The third-order valence-electron chi connectivity index (χ3n) is 4.47. The fraction of sp³-hybridized carbons (Fsp3) is 0.562. The lowest BCUT2D eigenvalue weighted by molar-refractivity contribution is -0.132. The second kappa shape index (κ2) is 6.97. The number of carbonyl (C=O) groups is 1. The van der Waals surface area contributed by atoms with Crippen molar-refractivity contribution in [3.8, 4) is 0 Å². The third-order valence-corrected chi connectivity index (χ3v) is 6.53. The van der Waals surface area contributed by atoms with Crippen LogP contribution < -0.4 is 5.73 Å². The van der Waals surface area contributed by atoms with Crippen molar-refractivity contribution in [2.75, 3.05) is 13.1 Å². The van der Waals surface area contributed by atoms with E-state index < -0.39 is 26.8 Å². The van der Waals surface area contributed by atoms with Gasteiger partial charge in [-0.3, -0.25) is 4.79 Å². The molecule has 3 atom stereocenters. The lowest BCUT2D eigenvalue weighted by atomic mass is 9.92. The normalized spacial score (nSPS) is 21.7. The van der Waals surface area contributed by atoms with Gasteiger partial charge in [-0.25, -0.2) is 12.8 Å². The van der Waals surface area contributed by atoms with Crippen molar-refractivity contribution in [2.24, 2.45) is 11.7 Å². The van der Waals surface area contributed by atoms with Crippen LogP contribution in [0.15, 0.2) is 29.2 Å². The average Bonchev–Trinajstić information content (AvgIpc) is 2.54. The Hall–Kier alpha value is -1.47. The van der Waals surface area contributed by atoms with E-state index in [1.165, 1.54) is 19.1 Å². The molecule has 1 aromatic rings. The molecule has 7 heteroatoms. The molecule has 0 spiro atoms. The van der Waals surface area contributed by atoms with Crippen LogP contribution in [0.3, 0.4) is 0 Å².